The van der Waals surface area contributed by atoms with Crippen molar-refractivity contribution in [1.29, 1.82) is 0 Å². The van der Waals surface area contributed by atoms with Gasteiger partial charge < -0.3 is 5.32 Å². The van der Waals surface area contributed by atoms with Gasteiger partial charge in [-0.15, -0.1) is 0 Å². The summed E-state index contributed by atoms with van der Waals surface area (Å²) in [6.45, 7) is 4.68. The molecule has 1 N–H and O–H groups in total. The fourth-order valence-electron chi connectivity index (χ4n) is 1.93. The number of rotatable bonds is 4. The van der Waals surface area contributed by atoms with Gasteiger partial charge in [0.15, 0.2) is 0 Å². The molecule has 96 valence electrons. The zero-order chi connectivity index (χ0) is 13.1. The summed E-state index contributed by atoms with van der Waals surface area (Å²) in [5.41, 5.74) is 2.12. The molecule has 0 aliphatic heterocycles. The second kappa shape index (κ2) is 5.29. The molecule has 1 heterocycles. The third-order valence-corrected chi connectivity index (χ3v) is 2.85. The van der Waals surface area contributed by atoms with Crippen LogP contribution in [-0.4, -0.2) is 11.5 Å². The predicted octanol–water partition coefficient (Wildman–Crippen LogP) is 4.30. The molecule has 2 nitrogen and oxygen atoms in total. The number of hydrogen-bond acceptors (Lipinski definition) is 2. The molecule has 2 aromatic rings. The highest BCUT2D eigenvalue weighted by molar-refractivity contribution is 5.93. The van der Waals surface area contributed by atoms with Crippen LogP contribution < -0.4 is 5.32 Å². The van der Waals surface area contributed by atoms with Gasteiger partial charge in [0.1, 0.15) is 5.69 Å². The van der Waals surface area contributed by atoms with E-state index in [2.05, 4.69) is 10.3 Å². The standard InChI is InChI=1S/C14H16F2N2/c1-3-7-17-11-8-12(14(15)16)18-13-9(2)5-4-6-10(11)13/h4-6,8,14H,3,7H2,1-2H3,(H,17,18). The average molecular weight is 250 g/mol. The van der Waals surface area contributed by atoms with E-state index in [4.69, 9.17) is 0 Å². The fraction of sp³-hybridized carbons (Fsp3) is 0.357. The predicted molar refractivity (Wildman–Crippen MR) is 70.2 cm³/mol. The van der Waals surface area contributed by atoms with Gasteiger partial charge in [-0.25, -0.2) is 13.8 Å². The first kappa shape index (κ1) is 12.7. The Hall–Kier alpha value is -1.71. The zero-order valence-electron chi connectivity index (χ0n) is 10.5. The van der Waals surface area contributed by atoms with Gasteiger partial charge in [-0.1, -0.05) is 25.1 Å². The van der Waals surface area contributed by atoms with Crippen molar-refractivity contribution in [1.82, 2.24) is 4.98 Å². The Kier molecular flexibility index (Phi) is 3.75. The number of hydrogen-bond donors (Lipinski definition) is 1. The van der Waals surface area contributed by atoms with E-state index in [0.29, 0.717) is 5.52 Å². The number of fused-ring (bicyclic) bond motifs is 1. The van der Waals surface area contributed by atoms with E-state index in [1.54, 1.807) is 0 Å². The SMILES string of the molecule is CCCNc1cc(C(F)F)nc2c(C)cccc12. The third kappa shape index (κ3) is 2.42. The first-order valence-corrected chi connectivity index (χ1v) is 6.05. The van der Waals surface area contributed by atoms with Crippen LogP contribution >= 0.6 is 0 Å². The topological polar surface area (TPSA) is 24.9 Å². The summed E-state index contributed by atoms with van der Waals surface area (Å²) in [5, 5.41) is 4.08. The van der Waals surface area contributed by atoms with Crippen LogP contribution in [0.4, 0.5) is 14.5 Å². The summed E-state index contributed by atoms with van der Waals surface area (Å²) in [6.07, 6.45) is -1.60. The lowest BCUT2D eigenvalue weighted by Crippen LogP contribution is -2.03. The van der Waals surface area contributed by atoms with Crippen LogP contribution in [0, 0.1) is 6.92 Å². The fourth-order valence-corrected chi connectivity index (χ4v) is 1.93. The van der Waals surface area contributed by atoms with Crippen LogP contribution in [0.25, 0.3) is 10.9 Å². The van der Waals surface area contributed by atoms with Crippen molar-refractivity contribution >= 4 is 16.6 Å². The quantitative estimate of drug-likeness (QED) is 0.875. The molecule has 0 spiro atoms. The number of pyridine rings is 1. The number of nitrogens with one attached hydrogen (secondary N) is 1. The van der Waals surface area contributed by atoms with E-state index in [0.717, 1.165) is 29.6 Å². The third-order valence-electron chi connectivity index (χ3n) is 2.85. The van der Waals surface area contributed by atoms with Crippen LogP contribution in [0.3, 0.4) is 0 Å². The number of alkyl halides is 2. The van der Waals surface area contributed by atoms with E-state index in [1.165, 1.54) is 6.07 Å². The Morgan fingerprint density at radius 2 is 2.11 bits per heavy atom. The Balaban J connectivity index is 2.61. The van der Waals surface area contributed by atoms with Gasteiger partial charge >= 0.3 is 0 Å². The highest BCUT2D eigenvalue weighted by Gasteiger charge is 2.13. The van der Waals surface area contributed by atoms with Crippen LogP contribution in [0.2, 0.25) is 0 Å². The van der Waals surface area contributed by atoms with E-state index < -0.39 is 6.43 Å². The van der Waals surface area contributed by atoms with Gasteiger partial charge in [0.05, 0.1) is 5.52 Å². The highest BCUT2D eigenvalue weighted by atomic mass is 19.3. The number of para-hydroxylation sites is 1. The molecule has 1 aromatic carbocycles. The lowest BCUT2D eigenvalue weighted by molar-refractivity contribution is 0.146. The molecule has 0 unspecified atom stereocenters. The molecule has 4 heteroatoms. The van der Waals surface area contributed by atoms with Crippen LogP contribution in [0.15, 0.2) is 24.3 Å². The number of benzene rings is 1. The summed E-state index contributed by atoms with van der Waals surface area (Å²) in [6, 6.07) is 7.15. The van der Waals surface area contributed by atoms with E-state index in [1.807, 2.05) is 32.0 Å². The second-order valence-electron chi connectivity index (χ2n) is 4.29. The Bertz CT molecular complexity index is 553. The van der Waals surface area contributed by atoms with Crippen molar-refractivity contribution in [2.45, 2.75) is 26.7 Å². The summed E-state index contributed by atoms with van der Waals surface area (Å²) < 4.78 is 25.7. The number of aromatic nitrogens is 1. The van der Waals surface area contributed by atoms with Crippen molar-refractivity contribution in [2.75, 3.05) is 11.9 Å². The molecule has 0 saturated carbocycles. The number of anilines is 1. The minimum Gasteiger partial charge on any atom is -0.384 e. The minimum absolute atomic E-state index is 0.171. The largest absolute Gasteiger partial charge is 0.384 e. The van der Waals surface area contributed by atoms with Gasteiger partial charge in [0.25, 0.3) is 6.43 Å². The first-order chi connectivity index (χ1) is 8.63. The number of nitrogens with zero attached hydrogens (tertiary/aromatic N) is 1. The number of aryl methyl sites for hydroxylation is 1. The molecule has 0 aliphatic rings. The van der Waals surface area contributed by atoms with E-state index >= 15 is 0 Å². The maximum absolute atomic E-state index is 12.8. The maximum Gasteiger partial charge on any atom is 0.280 e. The lowest BCUT2D eigenvalue weighted by Gasteiger charge is -2.12. The summed E-state index contributed by atoms with van der Waals surface area (Å²) in [4.78, 5) is 4.05. The molecular weight excluding hydrogens is 234 g/mol. The van der Waals surface area contributed by atoms with Gasteiger partial charge in [-0.3, -0.25) is 0 Å². The van der Waals surface area contributed by atoms with Crippen molar-refractivity contribution in [3.8, 4) is 0 Å². The van der Waals surface area contributed by atoms with Crippen molar-refractivity contribution in [3.05, 3.63) is 35.5 Å². The van der Waals surface area contributed by atoms with Crippen LogP contribution in [-0.2, 0) is 0 Å². The van der Waals surface area contributed by atoms with E-state index in [-0.39, 0.29) is 5.69 Å². The molecule has 1 aromatic heterocycles. The van der Waals surface area contributed by atoms with Crippen molar-refractivity contribution in [2.24, 2.45) is 0 Å². The van der Waals surface area contributed by atoms with Crippen LogP contribution in [0.1, 0.15) is 31.0 Å². The molecule has 0 aliphatic carbocycles. The van der Waals surface area contributed by atoms with Crippen molar-refractivity contribution in [3.63, 3.8) is 0 Å². The molecule has 0 radical (unpaired) electrons. The average Bonchev–Trinajstić information content (AvgIpc) is 2.36. The van der Waals surface area contributed by atoms with Gasteiger partial charge in [0, 0.05) is 17.6 Å². The molecule has 0 fully saturated rings. The molecule has 2 rings (SSSR count). The normalized spacial score (nSPS) is 11.2. The molecule has 0 amide bonds. The molecule has 0 saturated heterocycles. The van der Waals surface area contributed by atoms with E-state index in [9.17, 15) is 8.78 Å². The molecule has 0 atom stereocenters. The lowest BCUT2D eigenvalue weighted by atomic mass is 10.1. The maximum atomic E-state index is 12.8. The smallest absolute Gasteiger partial charge is 0.280 e. The van der Waals surface area contributed by atoms with Gasteiger partial charge in [-0.2, -0.15) is 0 Å². The Morgan fingerprint density at radius 3 is 2.78 bits per heavy atom. The molecular formula is C14H16F2N2. The Morgan fingerprint density at radius 1 is 1.33 bits per heavy atom. The Labute approximate surface area is 105 Å². The van der Waals surface area contributed by atoms with Crippen LogP contribution in [0.5, 0.6) is 0 Å². The summed E-state index contributed by atoms with van der Waals surface area (Å²) >= 11 is 0. The summed E-state index contributed by atoms with van der Waals surface area (Å²) in [7, 11) is 0. The summed E-state index contributed by atoms with van der Waals surface area (Å²) in [5.74, 6) is 0. The number of halogens is 2. The minimum atomic E-state index is -2.55. The highest BCUT2D eigenvalue weighted by Crippen LogP contribution is 2.29. The molecule has 0 bridgehead atoms. The zero-order valence-corrected chi connectivity index (χ0v) is 10.5. The first-order valence-electron chi connectivity index (χ1n) is 6.05. The second-order valence-corrected chi connectivity index (χ2v) is 4.29. The van der Waals surface area contributed by atoms with Crippen molar-refractivity contribution < 1.29 is 8.78 Å². The van der Waals surface area contributed by atoms with Gasteiger partial charge in [-0.05, 0) is 25.0 Å². The monoisotopic (exact) mass is 250 g/mol. The van der Waals surface area contributed by atoms with Gasteiger partial charge in [0.2, 0.25) is 0 Å². The molecule has 18 heavy (non-hydrogen) atoms.